The lowest BCUT2D eigenvalue weighted by Crippen LogP contribution is -2.35. The number of benzene rings is 1. The van der Waals surface area contributed by atoms with Crippen molar-refractivity contribution in [1.29, 1.82) is 0 Å². The van der Waals surface area contributed by atoms with E-state index in [9.17, 15) is 9.90 Å². The van der Waals surface area contributed by atoms with Crippen LogP contribution in [0.3, 0.4) is 0 Å². The predicted octanol–water partition coefficient (Wildman–Crippen LogP) is 3.63. The van der Waals surface area contributed by atoms with Crippen LogP contribution in [0.2, 0.25) is 0 Å². The van der Waals surface area contributed by atoms with E-state index in [2.05, 4.69) is 36.1 Å². The smallest absolute Gasteiger partial charge is 0.320 e. The van der Waals surface area contributed by atoms with Crippen LogP contribution in [-0.2, 0) is 17.8 Å². The molecule has 1 saturated heterocycles. The number of hydrogen-bond donors (Lipinski definition) is 1. The molecule has 8 nitrogen and oxygen atoms in total. The van der Waals surface area contributed by atoms with Gasteiger partial charge in [0, 0.05) is 29.4 Å². The second-order valence-corrected chi connectivity index (χ2v) is 9.39. The van der Waals surface area contributed by atoms with Gasteiger partial charge in [0.05, 0.1) is 12.3 Å². The van der Waals surface area contributed by atoms with Gasteiger partial charge in [-0.3, -0.25) is 9.69 Å². The fourth-order valence-corrected chi connectivity index (χ4v) is 5.42. The van der Waals surface area contributed by atoms with Gasteiger partial charge < -0.3 is 9.84 Å². The third-order valence-electron chi connectivity index (χ3n) is 5.87. The first-order chi connectivity index (χ1) is 15.0. The zero-order chi connectivity index (χ0) is 21.5. The van der Waals surface area contributed by atoms with Gasteiger partial charge in [0.15, 0.2) is 10.8 Å². The monoisotopic (exact) mass is 439 g/mol. The normalized spacial score (nSPS) is 18.5. The molecule has 4 heterocycles. The van der Waals surface area contributed by atoms with Crippen LogP contribution < -0.4 is 4.74 Å². The SMILES string of the molecule is CC(C)n1ncnc1-c1nc2c(s1)CCOc1cc(CN3CCC[C@H]3C(=O)O)ccc1-2. The Morgan fingerprint density at radius 2 is 2.26 bits per heavy atom. The van der Waals surface area contributed by atoms with Crippen LogP contribution in [0.1, 0.15) is 43.2 Å². The Hall–Kier alpha value is -2.78. The molecule has 0 aliphatic carbocycles. The number of rotatable bonds is 5. The highest BCUT2D eigenvalue weighted by Crippen LogP contribution is 2.40. The first-order valence-corrected chi connectivity index (χ1v) is 11.5. The molecule has 31 heavy (non-hydrogen) atoms. The summed E-state index contributed by atoms with van der Waals surface area (Å²) in [4.78, 5) is 24.1. The lowest BCUT2D eigenvalue weighted by molar-refractivity contribution is -0.142. The Balaban J connectivity index is 1.46. The zero-order valence-corrected chi connectivity index (χ0v) is 18.4. The fraction of sp³-hybridized carbons (Fsp3) is 0.455. The quantitative estimate of drug-likeness (QED) is 0.649. The van der Waals surface area contributed by atoms with Crippen molar-refractivity contribution in [1.82, 2.24) is 24.6 Å². The van der Waals surface area contributed by atoms with E-state index in [1.54, 1.807) is 17.7 Å². The molecule has 2 aliphatic heterocycles. The maximum Gasteiger partial charge on any atom is 0.320 e. The van der Waals surface area contributed by atoms with Crippen molar-refractivity contribution in [2.24, 2.45) is 0 Å². The van der Waals surface area contributed by atoms with Crippen molar-refractivity contribution in [3.05, 3.63) is 35.0 Å². The van der Waals surface area contributed by atoms with E-state index in [0.29, 0.717) is 19.6 Å². The molecule has 0 spiro atoms. The minimum atomic E-state index is -0.739. The van der Waals surface area contributed by atoms with Gasteiger partial charge in [-0.1, -0.05) is 6.07 Å². The summed E-state index contributed by atoms with van der Waals surface area (Å²) in [6.07, 6.45) is 4.00. The molecule has 1 fully saturated rings. The predicted molar refractivity (Wildman–Crippen MR) is 117 cm³/mol. The number of likely N-dealkylation sites (tertiary alicyclic amines) is 1. The molecule has 0 unspecified atom stereocenters. The number of hydrogen-bond acceptors (Lipinski definition) is 7. The number of thiazole rings is 1. The molecule has 0 radical (unpaired) electrons. The first-order valence-electron chi connectivity index (χ1n) is 10.6. The average molecular weight is 440 g/mol. The van der Waals surface area contributed by atoms with Crippen molar-refractivity contribution in [2.45, 2.75) is 51.7 Å². The third-order valence-corrected chi connectivity index (χ3v) is 6.98. The number of aromatic nitrogens is 4. The molecule has 5 rings (SSSR count). The lowest BCUT2D eigenvalue weighted by Gasteiger charge is -2.21. The summed E-state index contributed by atoms with van der Waals surface area (Å²) in [5, 5.41) is 14.7. The summed E-state index contributed by atoms with van der Waals surface area (Å²) < 4.78 is 7.96. The van der Waals surface area contributed by atoms with E-state index < -0.39 is 12.0 Å². The molecule has 1 N–H and O–H groups in total. The summed E-state index contributed by atoms with van der Waals surface area (Å²) in [5.74, 6) is 0.864. The van der Waals surface area contributed by atoms with Gasteiger partial charge in [-0.05, 0) is 50.9 Å². The Morgan fingerprint density at radius 3 is 3.06 bits per heavy atom. The van der Waals surface area contributed by atoms with Crippen LogP contribution in [0.15, 0.2) is 24.5 Å². The molecule has 3 aromatic rings. The highest BCUT2D eigenvalue weighted by Gasteiger charge is 2.31. The molecule has 9 heteroatoms. The number of carboxylic acid groups (broad SMARTS) is 1. The van der Waals surface area contributed by atoms with Crippen LogP contribution in [0.4, 0.5) is 0 Å². The highest BCUT2D eigenvalue weighted by molar-refractivity contribution is 7.15. The van der Waals surface area contributed by atoms with E-state index in [4.69, 9.17) is 9.72 Å². The molecule has 2 aromatic heterocycles. The van der Waals surface area contributed by atoms with Crippen LogP contribution in [0.5, 0.6) is 5.75 Å². The topological polar surface area (TPSA) is 93.4 Å². The maximum atomic E-state index is 11.5. The standard InChI is InChI=1S/C22H25N5O3S/c1-13(2)27-20(23-12-24-27)21-25-19-15-6-5-14(10-17(15)30-9-7-18(19)31-21)11-26-8-3-4-16(26)22(28)29/h5-6,10,12-13,16H,3-4,7-9,11H2,1-2H3,(H,28,29)/t16-/m0/s1. The van der Waals surface area contributed by atoms with Gasteiger partial charge in [0.25, 0.3) is 0 Å². The minimum absolute atomic E-state index is 0.208. The van der Waals surface area contributed by atoms with Crippen molar-refractivity contribution in [3.63, 3.8) is 0 Å². The van der Waals surface area contributed by atoms with Gasteiger partial charge in [-0.25, -0.2) is 14.6 Å². The maximum absolute atomic E-state index is 11.5. The summed E-state index contributed by atoms with van der Waals surface area (Å²) in [6, 6.07) is 5.96. The van der Waals surface area contributed by atoms with Gasteiger partial charge in [-0.15, -0.1) is 11.3 Å². The minimum Gasteiger partial charge on any atom is -0.492 e. The molecular weight excluding hydrogens is 414 g/mol. The molecule has 162 valence electrons. The molecule has 0 amide bonds. The van der Waals surface area contributed by atoms with Gasteiger partial charge >= 0.3 is 5.97 Å². The van der Waals surface area contributed by atoms with Crippen LogP contribution >= 0.6 is 11.3 Å². The van der Waals surface area contributed by atoms with E-state index in [0.717, 1.165) is 52.8 Å². The van der Waals surface area contributed by atoms with Crippen LogP contribution in [-0.4, -0.2) is 54.9 Å². The molecule has 1 atom stereocenters. The third kappa shape index (κ3) is 3.72. The van der Waals surface area contributed by atoms with E-state index in [-0.39, 0.29) is 6.04 Å². The van der Waals surface area contributed by atoms with Crippen molar-refractivity contribution in [3.8, 4) is 27.8 Å². The fourth-order valence-electron chi connectivity index (χ4n) is 4.37. The second-order valence-electron chi connectivity index (χ2n) is 8.31. The molecule has 0 saturated carbocycles. The van der Waals surface area contributed by atoms with E-state index >= 15 is 0 Å². The zero-order valence-electron chi connectivity index (χ0n) is 17.6. The second kappa shape index (κ2) is 8.05. The summed E-state index contributed by atoms with van der Waals surface area (Å²) in [5.41, 5.74) is 2.98. The number of nitrogens with zero attached hydrogens (tertiary/aromatic N) is 5. The highest BCUT2D eigenvalue weighted by atomic mass is 32.1. The van der Waals surface area contributed by atoms with Crippen LogP contribution in [0.25, 0.3) is 22.1 Å². The molecule has 2 aliphatic rings. The summed E-state index contributed by atoms with van der Waals surface area (Å²) in [6.45, 7) is 6.17. The summed E-state index contributed by atoms with van der Waals surface area (Å²) >= 11 is 1.65. The lowest BCUT2D eigenvalue weighted by atomic mass is 10.1. The van der Waals surface area contributed by atoms with Crippen LogP contribution in [0, 0.1) is 0 Å². The average Bonchev–Trinajstić information content (AvgIpc) is 3.46. The number of fused-ring (bicyclic) bond motifs is 3. The van der Waals surface area contributed by atoms with Crippen molar-refractivity contribution in [2.75, 3.05) is 13.2 Å². The van der Waals surface area contributed by atoms with Gasteiger partial charge in [0.1, 0.15) is 18.1 Å². The Bertz CT molecular complexity index is 1120. The Labute approximate surface area is 184 Å². The number of ether oxygens (including phenoxy) is 1. The van der Waals surface area contributed by atoms with Crippen molar-refractivity contribution >= 4 is 17.3 Å². The first kappa shape index (κ1) is 20.1. The van der Waals surface area contributed by atoms with E-state index in [1.165, 1.54) is 4.88 Å². The van der Waals surface area contributed by atoms with Gasteiger partial charge in [0.2, 0.25) is 0 Å². The number of carboxylic acids is 1. The molecule has 0 bridgehead atoms. The van der Waals surface area contributed by atoms with Crippen molar-refractivity contribution < 1.29 is 14.6 Å². The Morgan fingerprint density at radius 1 is 1.39 bits per heavy atom. The molecular formula is C22H25N5O3S. The van der Waals surface area contributed by atoms with Gasteiger partial charge in [-0.2, -0.15) is 5.10 Å². The number of aliphatic carboxylic acids is 1. The Kier molecular flexibility index (Phi) is 5.23. The number of carbonyl (C=O) groups is 1. The molecule has 1 aromatic carbocycles. The summed E-state index contributed by atoms with van der Waals surface area (Å²) in [7, 11) is 0. The van der Waals surface area contributed by atoms with E-state index in [1.807, 2.05) is 15.6 Å². The largest absolute Gasteiger partial charge is 0.492 e.